The average molecular weight is 192 g/mol. The summed E-state index contributed by atoms with van der Waals surface area (Å²) in [5.41, 5.74) is 3.13. The van der Waals surface area contributed by atoms with Crippen molar-refractivity contribution in [2.24, 2.45) is 9.98 Å². The van der Waals surface area contributed by atoms with Gasteiger partial charge in [-0.25, -0.2) is 0 Å². The quantitative estimate of drug-likeness (QED) is 0.608. The summed E-state index contributed by atoms with van der Waals surface area (Å²) in [4.78, 5) is 8.61. The third kappa shape index (κ3) is 3.69. The predicted molar refractivity (Wildman–Crippen MR) is 65.3 cm³/mol. The number of dihydropyridines is 1. The van der Waals surface area contributed by atoms with Crippen LogP contribution in [0.3, 0.4) is 0 Å². The molecule has 2 heteroatoms. The number of aliphatic imine (C=N–C) groups is 2. The van der Waals surface area contributed by atoms with Crippen LogP contribution in [0.5, 0.6) is 0 Å². The summed E-state index contributed by atoms with van der Waals surface area (Å²) in [5.74, 6) is 0. The Kier molecular flexibility index (Phi) is 6.63. The van der Waals surface area contributed by atoms with Crippen LogP contribution in [0.15, 0.2) is 33.4 Å². The average Bonchev–Trinajstić information content (AvgIpc) is 2.22. The van der Waals surface area contributed by atoms with Gasteiger partial charge >= 0.3 is 0 Å². The molecule has 0 aromatic rings. The number of hydrogen-bond acceptors (Lipinski definition) is 2. The van der Waals surface area contributed by atoms with Crippen LogP contribution in [0.2, 0.25) is 0 Å². The van der Waals surface area contributed by atoms with Gasteiger partial charge in [0.2, 0.25) is 0 Å². The molecule has 0 aliphatic carbocycles. The van der Waals surface area contributed by atoms with Crippen LogP contribution >= 0.6 is 0 Å². The summed E-state index contributed by atoms with van der Waals surface area (Å²) < 4.78 is 0. The Hall–Kier alpha value is -1.18. The largest absolute Gasteiger partial charge is 0.283 e. The lowest BCUT2D eigenvalue weighted by Crippen LogP contribution is -2.04. The summed E-state index contributed by atoms with van der Waals surface area (Å²) in [6, 6.07) is 0. The molecule has 0 fully saturated rings. The minimum absolute atomic E-state index is 0.811. The molecule has 14 heavy (non-hydrogen) atoms. The van der Waals surface area contributed by atoms with Gasteiger partial charge in [-0.1, -0.05) is 19.9 Å². The zero-order valence-electron chi connectivity index (χ0n) is 9.83. The molecule has 0 spiro atoms. The van der Waals surface area contributed by atoms with E-state index in [-0.39, 0.29) is 0 Å². The van der Waals surface area contributed by atoms with Crippen molar-refractivity contribution in [1.82, 2.24) is 0 Å². The van der Waals surface area contributed by atoms with Gasteiger partial charge in [-0.2, -0.15) is 0 Å². The van der Waals surface area contributed by atoms with Crippen LogP contribution in [0, 0.1) is 0 Å². The van der Waals surface area contributed by atoms with E-state index in [1.807, 2.05) is 46.9 Å². The predicted octanol–water partition coefficient (Wildman–Crippen LogP) is 3.41. The molecule has 1 aliphatic heterocycles. The van der Waals surface area contributed by atoms with E-state index < -0.39 is 0 Å². The van der Waals surface area contributed by atoms with Gasteiger partial charge in [0.25, 0.3) is 0 Å². The first-order chi connectivity index (χ1) is 6.77. The van der Waals surface area contributed by atoms with E-state index in [0.717, 1.165) is 23.5 Å². The second-order valence-corrected chi connectivity index (χ2v) is 2.68. The van der Waals surface area contributed by atoms with Crippen LogP contribution in [0.1, 0.15) is 34.6 Å². The topological polar surface area (TPSA) is 24.7 Å². The number of allylic oxidation sites excluding steroid dienone is 3. The molecule has 0 N–H and O–H groups in total. The zero-order chi connectivity index (χ0) is 11.0. The molecule has 0 bridgehead atoms. The smallest absolute Gasteiger partial charge is 0.0839 e. The molecule has 0 saturated heterocycles. The van der Waals surface area contributed by atoms with Crippen molar-refractivity contribution in [2.45, 2.75) is 34.6 Å². The van der Waals surface area contributed by atoms with Crippen LogP contribution < -0.4 is 0 Å². The maximum Gasteiger partial charge on any atom is 0.0839 e. The van der Waals surface area contributed by atoms with E-state index in [1.165, 1.54) is 0 Å². The Balaban J connectivity index is 0.000000791. The number of rotatable bonds is 1. The minimum Gasteiger partial charge on any atom is -0.283 e. The maximum atomic E-state index is 4.34. The number of hydrogen-bond donors (Lipinski definition) is 0. The molecule has 0 radical (unpaired) electrons. The molecule has 2 nitrogen and oxygen atoms in total. The Morgan fingerprint density at radius 3 is 2.57 bits per heavy atom. The first-order valence-corrected chi connectivity index (χ1v) is 5.21. The lowest BCUT2D eigenvalue weighted by molar-refractivity contribution is 1.12. The first-order valence-electron chi connectivity index (χ1n) is 5.21. The molecular formula is C12H20N2. The lowest BCUT2D eigenvalue weighted by atomic mass is 10.1. The second-order valence-electron chi connectivity index (χ2n) is 2.68. The lowest BCUT2D eigenvalue weighted by Gasteiger charge is -2.07. The van der Waals surface area contributed by atoms with E-state index >= 15 is 0 Å². The minimum atomic E-state index is 0.811. The molecule has 0 aromatic heterocycles. The Labute approximate surface area is 87.2 Å². The van der Waals surface area contributed by atoms with E-state index in [4.69, 9.17) is 0 Å². The van der Waals surface area contributed by atoms with Crippen molar-refractivity contribution in [3.05, 3.63) is 23.4 Å². The molecule has 0 amide bonds. The summed E-state index contributed by atoms with van der Waals surface area (Å²) in [7, 11) is 0. The molecule has 0 aromatic carbocycles. The van der Waals surface area contributed by atoms with Gasteiger partial charge in [0.05, 0.1) is 11.4 Å². The van der Waals surface area contributed by atoms with Gasteiger partial charge in [0, 0.05) is 12.8 Å². The molecule has 1 heterocycles. The van der Waals surface area contributed by atoms with Crippen molar-refractivity contribution in [2.75, 3.05) is 6.54 Å². The van der Waals surface area contributed by atoms with E-state index in [9.17, 15) is 0 Å². The Morgan fingerprint density at radius 1 is 1.43 bits per heavy atom. The molecule has 1 aliphatic rings. The highest BCUT2D eigenvalue weighted by molar-refractivity contribution is 6.13. The summed E-state index contributed by atoms with van der Waals surface area (Å²) in [6.45, 7) is 10.8. The van der Waals surface area contributed by atoms with Crippen LogP contribution in [-0.4, -0.2) is 18.5 Å². The summed E-state index contributed by atoms with van der Waals surface area (Å²) >= 11 is 0. The van der Waals surface area contributed by atoms with Crippen LogP contribution in [-0.2, 0) is 0 Å². The molecule has 0 atom stereocenters. The van der Waals surface area contributed by atoms with Crippen molar-refractivity contribution in [3.63, 3.8) is 0 Å². The molecular weight excluding hydrogens is 172 g/mol. The zero-order valence-corrected chi connectivity index (χ0v) is 9.83. The summed E-state index contributed by atoms with van der Waals surface area (Å²) in [5, 5.41) is 0. The van der Waals surface area contributed by atoms with E-state index in [1.54, 1.807) is 0 Å². The van der Waals surface area contributed by atoms with Gasteiger partial charge in [-0.3, -0.25) is 9.98 Å². The fraction of sp³-hybridized carbons (Fsp3) is 0.500. The highest BCUT2D eigenvalue weighted by Crippen LogP contribution is 2.09. The van der Waals surface area contributed by atoms with Crippen LogP contribution in [0.4, 0.5) is 0 Å². The van der Waals surface area contributed by atoms with Crippen molar-refractivity contribution in [3.8, 4) is 0 Å². The monoisotopic (exact) mass is 192 g/mol. The SMILES string of the molecule is C/C=C1/N=CC(C)=CC1=NCC.CC. The molecule has 1 rings (SSSR count). The third-order valence-corrected chi connectivity index (χ3v) is 1.64. The van der Waals surface area contributed by atoms with Crippen molar-refractivity contribution < 1.29 is 0 Å². The first kappa shape index (κ1) is 12.8. The fourth-order valence-corrected chi connectivity index (χ4v) is 1.08. The van der Waals surface area contributed by atoms with Crippen molar-refractivity contribution >= 4 is 11.9 Å². The fourth-order valence-electron chi connectivity index (χ4n) is 1.08. The van der Waals surface area contributed by atoms with Gasteiger partial charge in [-0.05, 0) is 32.4 Å². The molecule has 78 valence electrons. The molecule has 0 saturated carbocycles. The van der Waals surface area contributed by atoms with Crippen molar-refractivity contribution in [1.29, 1.82) is 0 Å². The highest BCUT2D eigenvalue weighted by atomic mass is 14.8. The van der Waals surface area contributed by atoms with Gasteiger partial charge in [0.1, 0.15) is 0 Å². The maximum absolute atomic E-state index is 4.34. The molecule has 0 unspecified atom stereocenters. The standard InChI is InChI=1S/C10H14N2.C2H6/c1-4-9-10(11-5-2)6-8(3)7-12-9;1-2/h4,6-7H,5H2,1-3H3;1-2H3/b9-4+,11-10?;. The van der Waals surface area contributed by atoms with E-state index in [0.29, 0.717) is 0 Å². The third-order valence-electron chi connectivity index (χ3n) is 1.64. The van der Waals surface area contributed by atoms with Crippen LogP contribution in [0.25, 0.3) is 0 Å². The highest BCUT2D eigenvalue weighted by Gasteiger charge is 2.05. The number of nitrogens with zero attached hydrogens (tertiary/aromatic N) is 2. The summed E-state index contributed by atoms with van der Waals surface area (Å²) in [6.07, 6.45) is 5.91. The Bertz CT molecular complexity index is 281. The van der Waals surface area contributed by atoms with Gasteiger partial charge in [-0.15, -0.1) is 0 Å². The van der Waals surface area contributed by atoms with Gasteiger partial charge < -0.3 is 0 Å². The van der Waals surface area contributed by atoms with Gasteiger partial charge in [0.15, 0.2) is 0 Å². The van der Waals surface area contributed by atoms with E-state index in [2.05, 4.69) is 16.1 Å². The normalized spacial score (nSPS) is 20.5. The Morgan fingerprint density at radius 2 is 2.07 bits per heavy atom. The second kappa shape index (κ2) is 7.25.